The van der Waals surface area contributed by atoms with Crippen molar-refractivity contribution in [3.05, 3.63) is 65.1 Å². The van der Waals surface area contributed by atoms with Crippen molar-refractivity contribution in [2.45, 2.75) is 25.7 Å². The first-order valence-electron chi connectivity index (χ1n) is 9.64. The second-order valence-corrected chi connectivity index (χ2v) is 9.36. The quantitative estimate of drug-likeness (QED) is 0.660. The number of carbonyl (C=O) groups excluding carboxylic acids is 1. The number of rotatable bonds is 3. The van der Waals surface area contributed by atoms with Crippen LogP contribution in [0.5, 0.6) is 0 Å². The number of hydrogen-bond donors (Lipinski definition) is 0. The van der Waals surface area contributed by atoms with Crippen molar-refractivity contribution in [2.75, 3.05) is 26.2 Å². The molecule has 0 aliphatic carbocycles. The second-order valence-electron chi connectivity index (χ2n) is 7.42. The first-order chi connectivity index (χ1) is 13.8. The maximum atomic E-state index is 13.1. The number of furan rings is 1. The highest BCUT2D eigenvalue weighted by Crippen LogP contribution is 2.25. The molecule has 0 unspecified atom stereocenters. The summed E-state index contributed by atoms with van der Waals surface area (Å²) < 4.78 is 33.2. The van der Waals surface area contributed by atoms with Crippen LogP contribution in [0.3, 0.4) is 0 Å². The monoisotopic (exact) mass is 412 g/mol. The first-order valence-corrected chi connectivity index (χ1v) is 11.1. The van der Waals surface area contributed by atoms with E-state index < -0.39 is 10.0 Å². The summed E-state index contributed by atoms with van der Waals surface area (Å²) in [6, 6.07) is 12.9. The molecule has 1 fully saturated rings. The van der Waals surface area contributed by atoms with Crippen molar-refractivity contribution in [3.63, 3.8) is 0 Å². The molecule has 1 aromatic heterocycles. The van der Waals surface area contributed by atoms with Gasteiger partial charge in [-0.3, -0.25) is 4.79 Å². The molecule has 0 spiro atoms. The highest BCUT2D eigenvalue weighted by molar-refractivity contribution is 7.89. The summed E-state index contributed by atoms with van der Waals surface area (Å²) in [5.74, 6) is 1.25. The molecule has 1 aliphatic heterocycles. The second kappa shape index (κ2) is 7.31. The highest BCUT2D eigenvalue weighted by atomic mass is 32.2. The van der Waals surface area contributed by atoms with Gasteiger partial charge in [0, 0.05) is 31.7 Å². The third kappa shape index (κ3) is 3.45. The van der Waals surface area contributed by atoms with E-state index in [4.69, 9.17) is 4.42 Å². The van der Waals surface area contributed by atoms with Crippen molar-refractivity contribution >= 4 is 26.7 Å². The number of hydrogen-bond acceptors (Lipinski definition) is 4. The molecule has 4 rings (SSSR count). The molecule has 2 heterocycles. The molecule has 1 saturated heterocycles. The van der Waals surface area contributed by atoms with E-state index in [1.54, 1.807) is 24.0 Å². The predicted molar refractivity (Wildman–Crippen MR) is 112 cm³/mol. The minimum Gasteiger partial charge on any atom is -0.466 e. The molecule has 3 aromatic rings. The van der Waals surface area contributed by atoms with E-state index in [2.05, 4.69) is 0 Å². The summed E-state index contributed by atoms with van der Waals surface area (Å²) in [4.78, 5) is 14.9. The minimum absolute atomic E-state index is 0.0976. The van der Waals surface area contributed by atoms with Crippen LogP contribution >= 0.6 is 0 Å². The molecule has 2 aromatic carbocycles. The standard InChI is InChI=1S/C22H24N2O4S/c1-15-16(2)28-17(3)21(15)22(25)23-10-12-24(13-11-23)29(26,27)20-9-8-18-6-4-5-7-19(18)14-20/h4-9,14H,10-13H2,1-3H3. The molecule has 7 heteroatoms. The molecule has 1 amide bonds. The van der Waals surface area contributed by atoms with Gasteiger partial charge in [-0.2, -0.15) is 4.31 Å². The fraction of sp³-hybridized carbons (Fsp3) is 0.318. The van der Waals surface area contributed by atoms with Crippen molar-refractivity contribution in [1.29, 1.82) is 0 Å². The average Bonchev–Trinajstić information content (AvgIpc) is 2.98. The first kappa shape index (κ1) is 19.7. The Labute approximate surface area is 170 Å². The summed E-state index contributed by atoms with van der Waals surface area (Å²) in [5, 5.41) is 1.90. The van der Waals surface area contributed by atoms with Crippen LogP contribution in [0.2, 0.25) is 0 Å². The number of piperazine rings is 1. The highest BCUT2D eigenvalue weighted by Gasteiger charge is 2.32. The Morgan fingerprint density at radius 2 is 1.55 bits per heavy atom. The number of carbonyl (C=O) groups is 1. The summed E-state index contributed by atoms with van der Waals surface area (Å²) in [6.07, 6.45) is 0. The van der Waals surface area contributed by atoms with Gasteiger partial charge in [-0.1, -0.05) is 30.3 Å². The Hall–Kier alpha value is -2.64. The third-order valence-electron chi connectivity index (χ3n) is 5.66. The maximum absolute atomic E-state index is 13.1. The predicted octanol–water partition coefficient (Wildman–Crippen LogP) is 3.50. The third-order valence-corrected chi connectivity index (χ3v) is 7.55. The number of sulfonamides is 1. The van der Waals surface area contributed by atoms with Gasteiger partial charge in [-0.25, -0.2) is 8.42 Å². The van der Waals surface area contributed by atoms with Gasteiger partial charge in [-0.15, -0.1) is 0 Å². The molecule has 152 valence electrons. The number of nitrogens with zero attached hydrogens (tertiary/aromatic N) is 2. The van der Waals surface area contributed by atoms with Crippen LogP contribution in [0.25, 0.3) is 10.8 Å². The van der Waals surface area contributed by atoms with Gasteiger partial charge in [0.1, 0.15) is 11.5 Å². The lowest BCUT2D eigenvalue weighted by atomic mass is 10.1. The average molecular weight is 413 g/mol. The fourth-order valence-corrected chi connectivity index (χ4v) is 5.33. The fourth-order valence-electron chi connectivity index (χ4n) is 3.87. The van der Waals surface area contributed by atoms with Crippen molar-refractivity contribution in [3.8, 4) is 0 Å². The molecule has 0 radical (unpaired) electrons. The van der Waals surface area contributed by atoms with Gasteiger partial charge >= 0.3 is 0 Å². The van der Waals surface area contributed by atoms with Crippen LogP contribution in [-0.2, 0) is 10.0 Å². The molecule has 0 saturated carbocycles. The smallest absolute Gasteiger partial charge is 0.257 e. The summed E-state index contributed by atoms with van der Waals surface area (Å²) in [5.41, 5.74) is 1.44. The van der Waals surface area contributed by atoms with E-state index in [0.717, 1.165) is 22.1 Å². The summed E-state index contributed by atoms with van der Waals surface area (Å²) >= 11 is 0. The van der Waals surface area contributed by atoms with Crippen LogP contribution in [-0.4, -0.2) is 49.7 Å². The Kier molecular flexibility index (Phi) is 4.96. The van der Waals surface area contributed by atoms with Crippen LogP contribution in [0, 0.1) is 20.8 Å². The van der Waals surface area contributed by atoms with Gasteiger partial charge in [0.2, 0.25) is 10.0 Å². The van der Waals surface area contributed by atoms with Crippen LogP contribution in [0.1, 0.15) is 27.4 Å². The summed E-state index contributed by atoms with van der Waals surface area (Å²) in [6.45, 7) is 6.76. The molecule has 29 heavy (non-hydrogen) atoms. The zero-order chi connectivity index (χ0) is 20.8. The lowest BCUT2D eigenvalue weighted by molar-refractivity contribution is 0.0695. The SMILES string of the molecule is Cc1oc(C)c(C(=O)N2CCN(S(=O)(=O)c3ccc4ccccc4c3)CC2)c1C. The Bertz CT molecular complexity index is 1190. The van der Waals surface area contributed by atoms with E-state index in [1.165, 1.54) is 4.31 Å². The number of fused-ring (bicyclic) bond motifs is 1. The van der Waals surface area contributed by atoms with Crippen molar-refractivity contribution < 1.29 is 17.6 Å². The van der Waals surface area contributed by atoms with Crippen LogP contribution in [0.4, 0.5) is 0 Å². The minimum atomic E-state index is -3.60. The zero-order valence-corrected chi connectivity index (χ0v) is 17.6. The van der Waals surface area contributed by atoms with Gasteiger partial charge in [0.05, 0.1) is 10.5 Å². The zero-order valence-electron chi connectivity index (χ0n) is 16.8. The molecule has 0 bridgehead atoms. The van der Waals surface area contributed by atoms with E-state index in [0.29, 0.717) is 24.4 Å². The summed E-state index contributed by atoms with van der Waals surface area (Å²) in [7, 11) is -3.60. The molecule has 1 aliphatic rings. The maximum Gasteiger partial charge on any atom is 0.257 e. The van der Waals surface area contributed by atoms with Gasteiger partial charge in [0.25, 0.3) is 5.91 Å². The molecular formula is C22H24N2O4S. The van der Waals surface area contributed by atoms with Crippen LogP contribution < -0.4 is 0 Å². The van der Waals surface area contributed by atoms with Gasteiger partial charge < -0.3 is 9.32 Å². The molecule has 0 N–H and O–H groups in total. The number of benzene rings is 2. The van der Waals surface area contributed by atoms with Gasteiger partial charge in [0.15, 0.2) is 0 Å². The van der Waals surface area contributed by atoms with Crippen LogP contribution in [0.15, 0.2) is 51.8 Å². The van der Waals surface area contributed by atoms with Gasteiger partial charge in [-0.05, 0) is 43.7 Å². The van der Waals surface area contributed by atoms with E-state index in [-0.39, 0.29) is 23.9 Å². The van der Waals surface area contributed by atoms with E-state index >= 15 is 0 Å². The number of aryl methyl sites for hydroxylation is 2. The van der Waals surface area contributed by atoms with Crippen molar-refractivity contribution in [2.24, 2.45) is 0 Å². The van der Waals surface area contributed by atoms with E-state index in [1.807, 2.05) is 44.2 Å². The lowest BCUT2D eigenvalue weighted by Gasteiger charge is -2.34. The molecular weight excluding hydrogens is 388 g/mol. The topological polar surface area (TPSA) is 70.8 Å². The van der Waals surface area contributed by atoms with E-state index in [9.17, 15) is 13.2 Å². The Morgan fingerprint density at radius 3 is 2.17 bits per heavy atom. The number of amides is 1. The molecule has 0 atom stereocenters. The largest absolute Gasteiger partial charge is 0.466 e. The Morgan fingerprint density at radius 1 is 0.897 bits per heavy atom. The van der Waals surface area contributed by atoms with Crippen molar-refractivity contribution in [1.82, 2.24) is 9.21 Å². The molecule has 6 nitrogen and oxygen atoms in total. The Balaban J connectivity index is 1.51. The normalized spacial score (nSPS) is 15.8. The lowest BCUT2D eigenvalue weighted by Crippen LogP contribution is -2.50.